The molecule has 0 spiro atoms. The molecular formula is C26H27AsN3O5P. The van der Waals surface area contributed by atoms with Crippen molar-refractivity contribution in [3.05, 3.63) is 77.4 Å². The van der Waals surface area contributed by atoms with Gasteiger partial charge in [0.2, 0.25) is 0 Å². The van der Waals surface area contributed by atoms with Crippen molar-refractivity contribution in [2.24, 2.45) is 0 Å². The van der Waals surface area contributed by atoms with Crippen LogP contribution in [0.15, 0.2) is 60.7 Å². The van der Waals surface area contributed by atoms with Gasteiger partial charge in [0.25, 0.3) is 0 Å². The minimum atomic E-state index is -4.80. The Bertz CT molecular complexity index is 1470. The fourth-order valence-electron chi connectivity index (χ4n) is 4.56. The third-order valence-electron chi connectivity index (χ3n) is 6.24. The molecule has 1 aromatic heterocycles. The first-order chi connectivity index (χ1) is 17.2. The van der Waals surface area contributed by atoms with Crippen molar-refractivity contribution in [1.82, 2.24) is 14.8 Å². The molecule has 5 rings (SSSR count). The third-order valence-corrected chi connectivity index (χ3v) is 9.13. The zero-order chi connectivity index (χ0) is 25.4. The summed E-state index contributed by atoms with van der Waals surface area (Å²) in [5.74, 6) is 0.106. The maximum atomic E-state index is 11.5. The van der Waals surface area contributed by atoms with Crippen LogP contribution in [-0.2, 0) is 17.4 Å². The van der Waals surface area contributed by atoms with Crippen molar-refractivity contribution >= 4 is 32.5 Å². The van der Waals surface area contributed by atoms with Crippen molar-refractivity contribution in [3.8, 4) is 28.6 Å². The SMILES string of the molecule is CC(C)c1cc(-c2nnc([AsH]c3ccccc3)n2-c2ccc3c(c2)CCC3)c(O)cc1OP(=O)(O)O. The predicted molar refractivity (Wildman–Crippen MR) is 140 cm³/mol. The van der Waals surface area contributed by atoms with Gasteiger partial charge in [-0.3, -0.25) is 0 Å². The third kappa shape index (κ3) is 5.13. The summed E-state index contributed by atoms with van der Waals surface area (Å²) in [6, 6.07) is 19.5. The fraction of sp³-hybridized carbons (Fsp3) is 0.231. The molecule has 1 unspecified atom stereocenters. The van der Waals surface area contributed by atoms with Gasteiger partial charge in [-0.05, 0) is 0 Å². The number of phosphoric ester groups is 1. The van der Waals surface area contributed by atoms with Crippen LogP contribution in [0.4, 0.5) is 0 Å². The molecule has 36 heavy (non-hydrogen) atoms. The van der Waals surface area contributed by atoms with E-state index in [0.29, 0.717) is 17.0 Å². The summed E-state index contributed by atoms with van der Waals surface area (Å²) in [7, 11) is -4.80. The summed E-state index contributed by atoms with van der Waals surface area (Å²) in [5.41, 5.74) is 4.59. The molecule has 0 aliphatic heterocycles. The van der Waals surface area contributed by atoms with Crippen molar-refractivity contribution in [1.29, 1.82) is 0 Å². The number of aryl methyl sites for hydroxylation is 2. The number of hydrogen-bond donors (Lipinski definition) is 3. The predicted octanol–water partition coefficient (Wildman–Crippen LogP) is 3.11. The van der Waals surface area contributed by atoms with Crippen LogP contribution < -0.4 is 13.5 Å². The molecular weight excluding hydrogens is 540 g/mol. The fourth-order valence-corrected chi connectivity index (χ4v) is 7.20. The van der Waals surface area contributed by atoms with Crippen molar-refractivity contribution in [3.63, 3.8) is 0 Å². The van der Waals surface area contributed by atoms with Gasteiger partial charge in [-0.25, -0.2) is 0 Å². The number of phenols is 1. The van der Waals surface area contributed by atoms with E-state index in [-0.39, 0.29) is 17.4 Å². The van der Waals surface area contributed by atoms with E-state index >= 15 is 0 Å². The first-order valence-electron chi connectivity index (χ1n) is 11.7. The van der Waals surface area contributed by atoms with Crippen LogP contribution in [0.5, 0.6) is 11.5 Å². The first kappa shape index (κ1) is 24.8. The van der Waals surface area contributed by atoms with Gasteiger partial charge in [0.1, 0.15) is 0 Å². The Labute approximate surface area is 215 Å². The van der Waals surface area contributed by atoms with Crippen LogP contribution in [0, 0.1) is 0 Å². The second kappa shape index (κ2) is 9.87. The molecule has 0 bridgehead atoms. The number of fused-ring (bicyclic) bond motifs is 1. The van der Waals surface area contributed by atoms with Gasteiger partial charge >= 0.3 is 216 Å². The van der Waals surface area contributed by atoms with E-state index in [9.17, 15) is 19.5 Å². The average molecular weight is 567 g/mol. The number of phosphoric acid groups is 1. The van der Waals surface area contributed by atoms with Gasteiger partial charge < -0.3 is 0 Å². The van der Waals surface area contributed by atoms with E-state index in [2.05, 4.69) is 40.5 Å². The number of benzene rings is 3. The maximum absolute atomic E-state index is 11.5. The molecule has 0 radical (unpaired) electrons. The minimum absolute atomic E-state index is 0.0545. The molecule has 4 aromatic rings. The van der Waals surface area contributed by atoms with E-state index in [1.54, 1.807) is 6.07 Å². The van der Waals surface area contributed by atoms with Crippen LogP contribution in [0.1, 0.15) is 42.9 Å². The van der Waals surface area contributed by atoms with Gasteiger partial charge in [-0.2, -0.15) is 0 Å². The Morgan fingerprint density at radius 2 is 1.75 bits per heavy atom. The molecule has 0 saturated carbocycles. The molecule has 10 heteroatoms. The second-order valence-electron chi connectivity index (χ2n) is 9.12. The molecule has 1 heterocycles. The monoisotopic (exact) mass is 567 g/mol. The van der Waals surface area contributed by atoms with Crippen LogP contribution >= 0.6 is 7.82 Å². The molecule has 8 nitrogen and oxygen atoms in total. The van der Waals surface area contributed by atoms with Crippen molar-refractivity contribution in [2.75, 3.05) is 0 Å². The number of rotatable bonds is 7. The molecule has 0 amide bonds. The van der Waals surface area contributed by atoms with Gasteiger partial charge in [-0.15, -0.1) is 0 Å². The quantitative estimate of drug-likeness (QED) is 0.232. The number of nitrogens with zero attached hydrogens (tertiary/aromatic N) is 3. The molecule has 0 saturated heterocycles. The Hall–Kier alpha value is -2.89. The van der Waals surface area contributed by atoms with Crippen molar-refractivity contribution < 1.29 is 24.0 Å². The van der Waals surface area contributed by atoms with E-state index in [1.807, 2.05) is 36.6 Å². The summed E-state index contributed by atoms with van der Waals surface area (Å²) in [5, 5.41) is 20.0. The van der Waals surface area contributed by atoms with E-state index in [1.165, 1.54) is 21.5 Å². The summed E-state index contributed by atoms with van der Waals surface area (Å²) in [6.45, 7) is 3.78. The van der Waals surface area contributed by atoms with E-state index in [4.69, 9.17) is 4.52 Å². The summed E-state index contributed by atoms with van der Waals surface area (Å²) >= 11 is -0.838. The standard InChI is InChI=1S/C26H27AsN3O5P/c1-16(2)21-14-22(23(31)15-24(21)35-36(32,33)34)25-28-29-26(27-19-9-4-3-5-10-19)30(25)20-12-11-17-7-6-8-18(17)13-20/h3-5,9-16,27,31H,6-8H2,1-2H3,(H2,32,33,34). The summed E-state index contributed by atoms with van der Waals surface area (Å²) in [6.07, 6.45) is 3.25. The zero-order valence-corrected chi connectivity index (χ0v) is 22.9. The van der Waals surface area contributed by atoms with Crippen LogP contribution in [-0.4, -0.2) is 45.4 Å². The first-order valence-corrected chi connectivity index (χ1v) is 15.3. The van der Waals surface area contributed by atoms with E-state index < -0.39 is 23.6 Å². The second-order valence-corrected chi connectivity index (χ2v) is 13.0. The molecule has 3 N–H and O–H groups in total. The molecule has 1 aliphatic rings. The molecule has 186 valence electrons. The van der Waals surface area contributed by atoms with Gasteiger partial charge in [0.15, 0.2) is 0 Å². The molecule has 3 aromatic carbocycles. The molecule has 1 atom stereocenters. The van der Waals surface area contributed by atoms with Crippen LogP contribution in [0.2, 0.25) is 0 Å². The Morgan fingerprint density at radius 1 is 1.00 bits per heavy atom. The summed E-state index contributed by atoms with van der Waals surface area (Å²) < 4.78 is 20.5. The van der Waals surface area contributed by atoms with Crippen LogP contribution in [0.25, 0.3) is 17.1 Å². The average Bonchev–Trinajstić information content (AvgIpc) is 3.45. The summed E-state index contributed by atoms with van der Waals surface area (Å²) in [4.78, 5) is 18.7. The Kier molecular flexibility index (Phi) is 6.80. The van der Waals surface area contributed by atoms with E-state index in [0.717, 1.165) is 29.6 Å². The van der Waals surface area contributed by atoms with Gasteiger partial charge in [0, 0.05) is 0 Å². The normalized spacial score (nSPS) is 13.6. The Morgan fingerprint density at radius 3 is 2.47 bits per heavy atom. The zero-order valence-electron chi connectivity index (χ0n) is 19.9. The Balaban J connectivity index is 1.68. The molecule has 0 fully saturated rings. The number of aromatic nitrogens is 3. The van der Waals surface area contributed by atoms with Crippen LogP contribution in [0.3, 0.4) is 0 Å². The topological polar surface area (TPSA) is 118 Å². The van der Waals surface area contributed by atoms with Gasteiger partial charge in [-0.1, -0.05) is 0 Å². The number of phenolic OH excluding ortho intramolecular Hbond substituents is 1. The number of hydrogen-bond acceptors (Lipinski definition) is 5. The molecule has 1 aliphatic carbocycles. The number of aromatic hydroxyl groups is 1. The van der Waals surface area contributed by atoms with Crippen molar-refractivity contribution in [2.45, 2.75) is 39.0 Å². The van der Waals surface area contributed by atoms with Gasteiger partial charge in [0.05, 0.1) is 0 Å².